The minimum absolute atomic E-state index is 0.199. The van der Waals surface area contributed by atoms with E-state index in [1.165, 1.54) is 0 Å². The smallest absolute Gasteiger partial charge is 0.344 e. The average molecular weight is 497 g/mol. The highest BCUT2D eigenvalue weighted by Gasteiger charge is 2.19. The number of benzene rings is 3. The zero-order valence-corrected chi connectivity index (χ0v) is 20.5. The molecule has 0 amide bonds. The van der Waals surface area contributed by atoms with Crippen LogP contribution in [-0.2, 0) is 6.54 Å². The number of aromatic carboxylic acids is 1. The molecule has 0 saturated carbocycles. The van der Waals surface area contributed by atoms with Gasteiger partial charge in [0.05, 0.1) is 5.52 Å². The number of hydrogen-bond acceptors (Lipinski definition) is 6. The second kappa shape index (κ2) is 10.1. The number of pyridine rings is 1. The molecule has 2 heterocycles. The predicted molar refractivity (Wildman–Crippen MR) is 144 cm³/mol. The summed E-state index contributed by atoms with van der Waals surface area (Å²) in [5.41, 5.74) is 4.84. The first-order valence-corrected chi connectivity index (χ1v) is 12.5. The number of H-pyrrole nitrogens is 1. The van der Waals surface area contributed by atoms with Gasteiger partial charge in [-0.05, 0) is 35.2 Å². The summed E-state index contributed by atoms with van der Waals surface area (Å²) < 4.78 is 2.99. The zero-order chi connectivity index (χ0) is 25.1. The normalized spacial score (nSPS) is 11.0. The average Bonchev–Trinajstić information content (AvgIpc) is 3.34. The van der Waals surface area contributed by atoms with E-state index in [1.807, 2.05) is 77.7 Å². The number of nitrogens with one attached hydrogen (secondary N) is 1. The monoisotopic (exact) mass is 496 g/mol. The summed E-state index contributed by atoms with van der Waals surface area (Å²) in [4.78, 5) is 34.3. The number of hydrogen-bond donors (Lipinski definition) is 2. The molecule has 5 rings (SSSR count). The molecule has 180 valence electrons. The van der Waals surface area contributed by atoms with Gasteiger partial charge in [-0.2, -0.15) is 4.98 Å². The molecule has 0 saturated heterocycles. The van der Waals surface area contributed by atoms with E-state index in [2.05, 4.69) is 16.3 Å². The zero-order valence-electron chi connectivity index (χ0n) is 19.6. The van der Waals surface area contributed by atoms with Gasteiger partial charge in [-0.1, -0.05) is 73.7 Å². The molecule has 0 aliphatic carbocycles. The van der Waals surface area contributed by atoms with Crippen LogP contribution in [0.5, 0.6) is 0 Å². The van der Waals surface area contributed by atoms with Crippen molar-refractivity contribution in [1.82, 2.24) is 14.3 Å². The van der Waals surface area contributed by atoms with E-state index in [4.69, 9.17) is 4.98 Å². The molecule has 2 aromatic heterocycles. The number of aromatic amines is 1. The fourth-order valence-electron chi connectivity index (χ4n) is 4.33. The lowest BCUT2D eigenvalue weighted by molar-refractivity contribution is 0.0697. The quantitative estimate of drug-likeness (QED) is 0.280. The summed E-state index contributed by atoms with van der Waals surface area (Å²) in [6, 6.07) is 25.2. The molecule has 3 aromatic carbocycles. The van der Waals surface area contributed by atoms with E-state index >= 15 is 0 Å². The van der Waals surface area contributed by atoms with Gasteiger partial charge in [0.2, 0.25) is 0 Å². The fraction of sp³-hybridized carbons (Fsp3) is 0.143. The first-order chi connectivity index (χ1) is 17.5. The van der Waals surface area contributed by atoms with Crippen molar-refractivity contribution in [1.29, 1.82) is 0 Å². The van der Waals surface area contributed by atoms with E-state index in [-0.39, 0.29) is 10.4 Å². The number of carboxylic acid groups (broad SMARTS) is 1. The van der Waals surface area contributed by atoms with Gasteiger partial charge in [0.15, 0.2) is 5.82 Å². The van der Waals surface area contributed by atoms with Crippen molar-refractivity contribution < 1.29 is 9.90 Å². The summed E-state index contributed by atoms with van der Waals surface area (Å²) >= 11 is 0.974. The van der Waals surface area contributed by atoms with Crippen LogP contribution >= 0.6 is 11.5 Å². The van der Waals surface area contributed by atoms with Gasteiger partial charge in [0.1, 0.15) is 11.4 Å². The molecular weight excluding hydrogens is 472 g/mol. The van der Waals surface area contributed by atoms with E-state index in [9.17, 15) is 14.7 Å². The third-order valence-electron chi connectivity index (χ3n) is 5.99. The molecule has 0 spiro atoms. The Morgan fingerprint density at radius 3 is 2.39 bits per heavy atom. The number of para-hydroxylation sites is 1. The van der Waals surface area contributed by atoms with Gasteiger partial charge in [-0.3, -0.25) is 9.17 Å². The van der Waals surface area contributed by atoms with Crippen LogP contribution in [0, 0.1) is 0 Å². The van der Waals surface area contributed by atoms with Crippen LogP contribution < -0.4 is 9.77 Å². The van der Waals surface area contributed by atoms with Gasteiger partial charge in [0, 0.05) is 35.6 Å². The predicted octanol–water partition coefficient (Wildman–Crippen LogP) is 5.83. The Balaban J connectivity index is 1.47. The number of nitrogens with zero attached hydrogens (tertiary/aromatic N) is 3. The Bertz CT molecular complexity index is 1590. The van der Waals surface area contributed by atoms with Crippen LogP contribution in [0.1, 0.15) is 29.3 Å². The maximum Gasteiger partial charge on any atom is 0.344 e. The Labute approximate surface area is 211 Å². The van der Waals surface area contributed by atoms with Gasteiger partial charge in [-0.15, -0.1) is 0 Å². The number of fused-ring (bicyclic) bond motifs is 1. The maximum absolute atomic E-state index is 12.1. The summed E-state index contributed by atoms with van der Waals surface area (Å²) in [7, 11) is 0. The molecule has 0 bridgehead atoms. The van der Waals surface area contributed by atoms with Crippen LogP contribution in [-0.4, -0.2) is 32.0 Å². The molecule has 0 unspecified atom stereocenters. The van der Waals surface area contributed by atoms with Crippen molar-refractivity contribution in [3.63, 3.8) is 0 Å². The summed E-state index contributed by atoms with van der Waals surface area (Å²) in [6.07, 6.45) is 0.852. The van der Waals surface area contributed by atoms with E-state index < -0.39 is 5.97 Å². The van der Waals surface area contributed by atoms with Gasteiger partial charge in [-0.25, -0.2) is 9.78 Å². The summed E-state index contributed by atoms with van der Waals surface area (Å²) in [5.74, 6) is 0.0451. The third-order valence-corrected chi connectivity index (χ3v) is 6.55. The van der Waals surface area contributed by atoms with Crippen molar-refractivity contribution in [3.8, 4) is 22.5 Å². The Morgan fingerprint density at radius 2 is 1.69 bits per heavy atom. The SMILES string of the molecule is CCCN(Cc1ccc(-c2ccccc2-c2nc(=O)s[nH]2)cc1)c1nc2ccccc2cc1C(=O)O. The van der Waals surface area contributed by atoms with Crippen LogP contribution in [0.3, 0.4) is 0 Å². The largest absolute Gasteiger partial charge is 0.478 e. The molecule has 36 heavy (non-hydrogen) atoms. The standard InChI is InChI=1S/C28H24N4O3S/c1-2-15-32(26-23(27(33)34)16-20-7-3-6-10-24(20)29-26)17-18-11-13-19(14-12-18)21-8-4-5-9-22(21)25-30-28(35)36-31-25/h3-14,16H,2,15,17H2,1H3,(H,33,34)(H,30,31,35). The lowest BCUT2D eigenvalue weighted by Gasteiger charge is -2.25. The van der Waals surface area contributed by atoms with Crippen molar-refractivity contribution in [2.24, 2.45) is 0 Å². The van der Waals surface area contributed by atoms with Crippen molar-refractivity contribution >= 4 is 34.2 Å². The highest BCUT2D eigenvalue weighted by atomic mass is 32.1. The van der Waals surface area contributed by atoms with Gasteiger partial charge < -0.3 is 10.0 Å². The Kier molecular flexibility index (Phi) is 6.60. The van der Waals surface area contributed by atoms with Crippen LogP contribution in [0.4, 0.5) is 5.82 Å². The number of aromatic nitrogens is 3. The summed E-state index contributed by atoms with van der Waals surface area (Å²) in [6.45, 7) is 3.27. The Hall–Kier alpha value is -4.30. The minimum atomic E-state index is -0.989. The van der Waals surface area contributed by atoms with Gasteiger partial charge >= 0.3 is 10.8 Å². The van der Waals surface area contributed by atoms with Crippen molar-refractivity contribution in [2.45, 2.75) is 19.9 Å². The molecule has 0 aliphatic heterocycles. The maximum atomic E-state index is 12.1. The van der Waals surface area contributed by atoms with E-state index in [1.54, 1.807) is 6.07 Å². The van der Waals surface area contributed by atoms with Crippen molar-refractivity contribution in [3.05, 3.63) is 99.7 Å². The van der Waals surface area contributed by atoms with Crippen molar-refractivity contribution in [2.75, 3.05) is 11.4 Å². The second-order valence-electron chi connectivity index (χ2n) is 8.45. The first kappa shape index (κ1) is 23.4. The minimum Gasteiger partial charge on any atom is -0.478 e. The molecule has 5 aromatic rings. The molecule has 0 aliphatic rings. The lowest BCUT2D eigenvalue weighted by atomic mass is 9.98. The third kappa shape index (κ3) is 4.76. The fourth-order valence-corrected chi connectivity index (χ4v) is 4.81. The summed E-state index contributed by atoms with van der Waals surface area (Å²) in [5, 5.41) is 10.7. The number of carboxylic acids is 1. The molecule has 8 heteroatoms. The molecule has 0 atom stereocenters. The topological polar surface area (TPSA) is 99.2 Å². The number of rotatable bonds is 8. The second-order valence-corrected chi connectivity index (χ2v) is 9.21. The van der Waals surface area contributed by atoms with E-state index in [0.29, 0.717) is 24.7 Å². The molecular formula is C28H24N4O3S. The molecule has 0 radical (unpaired) electrons. The van der Waals surface area contributed by atoms with Crippen LogP contribution in [0.2, 0.25) is 0 Å². The lowest BCUT2D eigenvalue weighted by Crippen LogP contribution is -2.26. The first-order valence-electron chi connectivity index (χ1n) is 11.7. The highest BCUT2D eigenvalue weighted by Crippen LogP contribution is 2.31. The molecule has 2 N–H and O–H groups in total. The van der Waals surface area contributed by atoms with Gasteiger partial charge in [0.25, 0.3) is 0 Å². The molecule has 7 nitrogen and oxygen atoms in total. The van der Waals surface area contributed by atoms with Crippen LogP contribution in [0.15, 0.2) is 83.7 Å². The van der Waals surface area contributed by atoms with Crippen LogP contribution in [0.25, 0.3) is 33.4 Å². The molecule has 0 fully saturated rings. The highest BCUT2D eigenvalue weighted by molar-refractivity contribution is 7.03. The Morgan fingerprint density at radius 1 is 0.972 bits per heavy atom. The number of carbonyl (C=O) groups is 1. The number of anilines is 1. The van der Waals surface area contributed by atoms with E-state index in [0.717, 1.165) is 51.1 Å².